The molecule has 4 nitrogen and oxygen atoms in total. The van der Waals surface area contributed by atoms with E-state index in [1.54, 1.807) is 7.11 Å². The first kappa shape index (κ1) is 16.6. The van der Waals surface area contributed by atoms with Gasteiger partial charge < -0.3 is 14.2 Å². The Morgan fingerprint density at radius 3 is 2.75 bits per heavy atom. The smallest absolute Gasteiger partial charge is 0.254 e. The molecular weight excluding hydrogens is 300 g/mol. The molecule has 0 unspecified atom stereocenters. The predicted molar refractivity (Wildman–Crippen MR) is 95.4 cm³/mol. The van der Waals surface area contributed by atoms with Crippen molar-refractivity contribution in [3.05, 3.63) is 53.3 Å². The summed E-state index contributed by atoms with van der Waals surface area (Å²) in [6.45, 7) is 2.80. The van der Waals surface area contributed by atoms with Crippen molar-refractivity contribution >= 4 is 5.91 Å². The summed E-state index contributed by atoms with van der Waals surface area (Å²) in [7, 11) is 3.70. The minimum absolute atomic E-state index is 0.0985. The van der Waals surface area contributed by atoms with E-state index in [1.807, 2.05) is 30.0 Å². The molecule has 1 saturated heterocycles. The van der Waals surface area contributed by atoms with Gasteiger partial charge in [0.15, 0.2) is 0 Å². The second kappa shape index (κ2) is 7.12. The monoisotopic (exact) mass is 326 g/mol. The van der Waals surface area contributed by atoms with Crippen molar-refractivity contribution in [3.8, 4) is 5.75 Å². The van der Waals surface area contributed by atoms with Crippen LogP contribution in [0, 0.1) is 6.92 Å². The van der Waals surface area contributed by atoms with Crippen LogP contribution in [0.4, 0.5) is 0 Å². The number of hydrogen-bond acceptors (Lipinski definition) is 2. The fraction of sp³-hybridized carbons (Fsp3) is 0.450. The third-order valence-electron chi connectivity index (χ3n) is 4.99. The van der Waals surface area contributed by atoms with Crippen LogP contribution < -0.4 is 4.74 Å². The van der Waals surface area contributed by atoms with E-state index < -0.39 is 0 Å². The second-order valence-corrected chi connectivity index (χ2v) is 6.59. The summed E-state index contributed by atoms with van der Waals surface area (Å²) in [5.74, 6) is 0.868. The van der Waals surface area contributed by atoms with Crippen molar-refractivity contribution in [2.45, 2.75) is 38.6 Å². The zero-order chi connectivity index (χ0) is 17.1. The van der Waals surface area contributed by atoms with Gasteiger partial charge >= 0.3 is 0 Å². The molecule has 0 N–H and O–H groups in total. The van der Waals surface area contributed by atoms with Crippen LogP contribution in [0.25, 0.3) is 0 Å². The molecule has 1 aromatic heterocycles. The summed E-state index contributed by atoms with van der Waals surface area (Å²) in [4.78, 5) is 15.3. The fourth-order valence-electron chi connectivity index (χ4n) is 3.60. The van der Waals surface area contributed by atoms with Crippen molar-refractivity contribution in [2.24, 2.45) is 7.05 Å². The molecule has 1 fully saturated rings. The molecule has 0 bridgehead atoms. The van der Waals surface area contributed by atoms with Crippen LogP contribution in [-0.2, 0) is 7.05 Å². The summed E-state index contributed by atoms with van der Waals surface area (Å²) in [6.07, 6.45) is 6.48. The maximum Gasteiger partial charge on any atom is 0.254 e. The largest absolute Gasteiger partial charge is 0.496 e. The maximum atomic E-state index is 13.2. The Balaban J connectivity index is 1.94. The minimum atomic E-state index is 0.0985. The maximum absolute atomic E-state index is 13.2. The van der Waals surface area contributed by atoms with Crippen LogP contribution in [0.15, 0.2) is 36.5 Å². The van der Waals surface area contributed by atoms with Crippen LogP contribution in [0.2, 0.25) is 0 Å². The minimum Gasteiger partial charge on any atom is -0.496 e. The molecule has 2 aromatic rings. The fourth-order valence-corrected chi connectivity index (χ4v) is 3.60. The normalized spacial score (nSPS) is 18.3. The van der Waals surface area contributed by atoms with Gasteiger partial charge in [0.1, 0.15) is 5.75 Å². The van der Waals surface area contributed by atoms with Crippen LogP contribution >= 0.6 is 0 Å². The topological polar surface area (TPSA) is 34.5 Å². The summed E-state index contributed by atoms with van der Waals surface area (Å²) in [5.41, 5.74) is 2.96. The lowest BCUT2D eigenvalue weighted by Crippen LogP contribution is -2.35. The number of carbonyl (C=O) groups is 1. The molecule has 1 amide bonds. The standard InChI is InChI=1S/C20H26N2O2/c1-15-10-11-16(14-19(15)24-3)20(23)22-13-6-4-5-8-18(22)17-9-7-12-21(17)2/h7,9-12,14,18H,4-6,8,13H2,1-3H3/t18-/m1/s1. The molecule has 1 atom stereocenters. The van der Waals surface area contributed by atoms with Crippen LogP contribution in [0.5, 0.6) is 5.75 Å². The Morgan fingerprint density at radius 2 is 2.04 bits per heavy atom. The Labute approximate surface area is 144 Å². The zero-order valence-electron chi connectivity index (χ0n) is 14.8. The SMILES string of the molecule is COc1cc(C(=O)N2CCCCC[C@@H]2c2cccn2C)ccc1C. The van der Waals surface area contributed by atoms with E-state index in [-0.39, 0.29) is 11.9 Å². The molecular formula is C20H26N2O2. The highest BCUT2D eigenvalue weighted by atomic mass is 16.5. The zero-order valence-corrected chi connectivity index (χ0v) is 14.8. The van der Waals surface area contributed by atoms with Crippen molar-refractivity contribution in [2.75, 3.05) is 13.7 Å². The molecule has 3 rings (SSSR count). The average molecular weight is 326 g/mol. The first-order valence-corrected chi connectivity index (χ1v) is 8.68. The van der Waals surface area contributed by atoms with Gasteiger partial charge in [-0.25, -0.2) is 0 Å². The summed E-state index contributed by atoms with van der Waals surface area (Å²) >= 11 is 0. The Hall–Kier alpha value is -2.23. The molecule has 4 heteroatoms. The molecule has 24 heavy (non-hydrogen) atoms. The summed E-state index contributed by atoms with van der Waals surface area (Å²) in [6, 6.07) is 10.1. The van der Waals surface area contributed by atoms with Crippen molar-refractivity contribution in [3.63, 3.8) is 0 Å². The van der Waals surface area contributed by atoms with Gasteiger partial charge in [0.2, 0.25) is 0 Å². The number of ether oxygens (including phenoxy) is 1. The second-order valence-electron chi connectivity index (χ2n) is 6.59. The van der Waals surface area contributed by atoms with Gasteiger partial charge in [0, 0.05) is 31.0 Å². The van der Waals surface area contributed by atoms with Gasteiger partial charge in [0.05, 0.1) is 13.2 Å². The summed E-state index contributed by atoms with van der Waals surface area (Å²) in [5, 5.41) is 0. The quantitative estimate of drug-likeness (QED) is 0.851. The molecule has 1 aliphatic rings. The van der Waals surface area contributed by atoms with Crippen LogP contribution in [0.1, 0.15) is 53.3 Å². The molecule has 0 saturated carbocycles. The highest BCUT2D eigenvalue weighted by molar-refractivity contribution is 5.95. The summed E-state index contributed by atoms with van der Waals surface area (Å²) < 4.78 is 7.52. The van der Waals surface area contributed by atoms with E-state index in [1.165, 1.54) is 12.1 Å². The number of amides is 1. The molecule has 128 valence electrons. The van der Waals surface area contributed by atoms with Gasteiger partial charge in [-0.15, -0.1) is 0 Å². The number of carbonyl (C=O) groups excluding carboxylic acids is 1. The molecule has 0 radical (unpaired) electrons. The van der Waals surface area contributed by atoms with E-state index in [2.05, 4.69) is 29.9 Å². The van der Waals surface area contributed by atoms with E-state index in [0.29, 0.717) is 5.56 Å². The lowest BCUT2D eigenvalue weighted by Gasteiger charge is -2.31. The van der Waals surface area contributed by atoms with Gasteiger partial charge in [0.25, 0.3) is 5.91 Å². The average Bonchev–Trinajstić information content (AvgIpc) is 2.87. The number of likely N-dealkylation sites (tertiary alicyclic amines) is 1. The van der Waals surface area contributed by atoms with E-state index in [0.717, 1.165) is 37.1 Å². The molecule has 1 aliphatic heterocycles. The highest BCUT2D eigenvalue weighted by Gasteiger charge is 2.29. The number of aromatic nitrogens is 1. The molecule has 0 spiro atoms. The van der Waals surface area contributed by atoms with Gasteiger partial charge in [-0.1, -0.05) is 18.9 Å². The molecule has 1 aromatic carbocycles. The Bertz CT molecular complexity index is 720. The van der Waals surface area contributed by atoms with Crippen molar-refractivity contribution in [1.82, 2.24) is 9.47 Å². The van der Waals surface area contributed by atoms with Crippen molar-refractivity contribution < 1.29 is 9.53 Å². The van der Waals surface area contributed by atoms with Crippen LogP contribution in [-0.4, -0.2) is 29.0 Å². The first-order chi connectivity index (χ1) is 11.6. The van der Waals surface area contributed by atoms with E-state index in [4.69, 9.17) is 4.74 Å². The first-order valence-electron chi connectivity index (χ1n) is 8.68. The molecule has 0 aliphatic carbocycles. The Kier molecular flexibility index (Phi) is 4.93. The van der Waals surface area contributed by atoms with Gasteiger partial charge in [-0.05, 0) is 49.6 Å². The number of benzene rings is 1. The van der Waals surface area contributed by atoms with Gasteiger partial charge in [-0.2, -0.15) is 0 Å². The number of nitrogens with zero attached hydrogens (tertiary/aromatic N) is 2. The van der Waals surface area contributed by atoms with E-state index >= 15 is 0 Å². The number of aryl methyl sites for hydroxylation is 2. The number of methoxy groups -OCH3 is 1. The third kappa shape index (κ3) is 3.18. The van der Waals surface area contributed by atoms with E-state index in [9.17, 15) is 4.79 Å². The lowest BCUT2D eigenvalue weighted by molar-refractivity contribution is 0.0674. The number of rotatable bonds is 3. The number of hydrogen-bond donors (Lipinski definition) is 0. The van der Waals surface area contributed by atoms with Gasteiger partial charge in [-0.3, -0.25) is 4.79 Å². The van der Waals surface area contributed by atoms with Crippen LogP contribution in [0.3, 0.4) is 0 Å². The predicted octanol–water partition coefficient (Wildman–Crippen LogP) is 4.10. The highest BCUT2D eigenvalue weighted by Crippen LogP contribution is 2.32. The van der Waals surface area contributed by atoms with Crippen molar-refractivity contribution in [1.29, 1.82) is 0 Å². The molecule has 2 heterocycles. The lowest BCUT2D eigenvalue weighted by atomic mass is 10.0. The third-order valence-corrected chi connectivity index (χ3v) is 4.99. The Morgan fingerprint density at radius 1 is 1.21 bits per heavy atom.